The Balaban J connectivity index is 2.04. The van der Waals surface area contributed by atoms with Crippen molar-refractivity contribution in [1.82, 2.24) is 0 Å². The summed E-state index contributed by atoms with van der Waals surface area (Å²) in [7, 11) is 3.30. The molecule has 0 aliphatic heterocycles. The molecule has 0 spiro atoms. The molecule has 0 saturated heterocycles. The third kappa shape index (κ3) is 4.56. The van der Waals surface area contributed by atoms with Crippen molar-refractivity contribution in [1.29, 1.82) is 0 Å². The molecule has 0 aliphatic carbocycles. The van der Waals surface area contributed by atoms with Crippen molar-refractivity contribution in [3.05, 3.63) is 59.7 Å². The van der Waals surface area contributed by atoms with Gasteiger partial charge in [0.15, 0.2) is 0 Å². The zero-order chi connectivity index (χ0) is 15.1. The molecule has 3 heteroatoms. The van der Waals surface area contributed by atoms with Crippen molar-refractivity contribution in [2.24, 2.45) is 0 Å². The van der Waals surface area contributed by atoms with Crippen LogP contribution in [-0.2, 0) is 0 Å². The topological polar surface area (TPSA) is 30.5 Å². The molecule has 0 unspecified atom stereocenters. The molecule has 1 N–H and O–H groups in total. The van der Waals surface area contributed by atoms with Crippen LogP contribution in [0.4, 0.5) is 5.69 Å². The van der Waals surface area contributed by atoms with Gasteiger partial charge < -0.3 is 14.8 Å². The third-order valence-corrected chi connectivity index (χ3v) is 3.14. The number of anilines is 1. The maximum Gasteiger partial charge on any atom is 0.124 e. The predicted octanol–water partition coefficient (Wildman–Crippen LogP) is 4.22. The Morgan fingerprint density at radius 3 is 2.19 bits per heavy atom. The number of benzene rings is 2. The summed E-state index contributed by atoms with van der Waals surface area (Å²) in [5.41, 5.74) is 3.44. The summed E-state index contributed by atoms with van der Waals surface area (Å²) in [6.07, 6.45) is 2.17. The normalized spacial score (nSPS) is 11.1. The molecule has 0 fully saturated rings. The van der Waals surface area contributed by atoms with E-state index in [1.807, 2.05) is 36.4 Å². The van der Waals surface area contributed by atoms with Crippen LogP contribution in [0.1, 0.15) is 12.5 Å². The molecule has 0 aromatic heterocycles. The first-order valence-corrected chi connectivity index (χ1v) is 6.90. The highest BCUT2D eigenvalue weighted by molar-refractivity contribution is 5.57. The van der Waals surface area contributed by atoms with Gasteiger partial charge in [-0.3, -0.25) is 0 Å². The van der Waals surface area contributed by atoms with Gasteiger partial charge in [-0.15, -0.1) is 0 Å². The SMILES string of the molecule is COc1cc(NC/C(C)=C/c2ccccc2)cc(OC)c1. The second-order valence-electron chi connectivity index (χ2n) is 4.86. The van der Waals surface area contributed by atoms with Crippen LogP contribution in [0.5, 0.6) is 11.5 Å². The lowest BCUT2D eigenvalue weighted by atomic mass is 10.1. The summed E-state index contributed by atoms with van der Waals surface area (Å²) in [6, 6.07) is 16.1. The van der Waals surface area contributed by atoms with Crippen LogP contribution in [0.3, 0.4) is 0 Å². The zero-order valence-corrected chi connectivity index (χ0v) is 12.7. The molecule has 2 aromatic carbocycles. The Hall–Kier alpha value is -2.42. The number of rotatable bonds is 6. The lowest BCUT2D eigenvalue weighted by molar-refractivity contribution is 0.394. The molecule has 110 valence electrons. The van der Waals surface area contributed by atoms with Crippen LogP contribution in [-0.4, -0.2) is 20.8 Å². The van der Waals surface area contributed by atoms with Gasteiger partial charge in [0.25, 0.3) is 0 Å². The lowest BCUT2D eigenvalue weighted by Crippen LogP contribution is -2.03. The highest BCUT2D eigenvalue weighted by Crippen LogP contribution is 2.25. The molecular formula is C18H21NO2. The maximum atomic E-state index is 5.27. The van der Waals surface area contributed by atoms with Gasteiger partial charge in [0, 0.05) is 30.4 Å². The van der Waals surface area contributed by atoms with Crippen molar-refractivity contribution in [3.63, 3.8) is 0 Å². The summed E-state index contributed by atoms with van der Waals surface area (Å²) in [4.78, 5) is 0. The van der Waals surface area contributed by atoms with Crippen LogP contribution < -0.4 is 14.8 Å². The Morgan fingerprint density at radius 1 is 1.00 bits per heavy atom. The smallest absolute Gasteiger partial charge is 0.124 e. The van der Waals surface area contributed by atoms with E-state index in [1.165, 1.54) is 11.1 Å². The number of ether oxygens (including phenoxy) is 2. The lowest BCUT2D eigenvalue weighted by Gasteiger charge is -2.11. The van der Waals surface area contributed by atoms with E-state index >= 15 is 0 Å². The molecule has 0 heterocycles. The third-order valence-electron chi connectivity index (χ3n) is 3.14. The second kappa shape index (κ2) is 7.39. The van der Waals surface area contributed by atoms with E-state index in [0.717, 1.165) is 23.7 Å². The summed E-state index contributed by atoms with van der Waals surface area (Å²) in [6.45, 7) is 2.88. The molecule has 21 heavy (non-hydrogen) atoms. The van der Waals surface area contributed by atoms with E-state index in [9.17, 15) is 0 Å². The molecule has 3 nitrogen and oxygen atoms in total. The zero-order valence-electron chi connectivity index (χ0n) is 12.7. The van der Waals surface area contributed by atoms with Crippen molar-refractivity contribution < 1.29 is 9.47 Å². The van der Waals surface area contributed by atoms with Gasteiger partial charge in [-0.25, -0.2) is 0 Å². The minimum absolute atomic E-state index is 0.769. The highest BCUT2D eigenvalue weighted by Gasteiger charge is 2.01. The first kappa shape index (κ1) is 15.0. The molecule has 0 radical (unpaired) electrons. The Labute approximate surface area is 126 Å². The summed E-state index contributed by atoms with van der Waals surface area (Å²) in [5.74, 6) is 1.56. The van der Waals surface area contributed by atoms with Gasteiger partial charge in [0.05, 0.1) is 14.2 Å². The predicted molar refractivity (Wildman–Crippen MR) is 88.1 cm³/mol. The van der Waals surface area contributed by atoms with Gasteiger partial charge in [0.2, 0.25) is 0 Å². The van der Waals surface area contributed by atoms with Gasteiger partial charge in [-0.05, 0) is 12.5 Å². The fraction of sp³-hybridized carbons (Fsp3) is 0.222. The van der Waals surface area contributed by atoms with E-state index < -0.39 is 0 Å². The van der Waals surface area contributed by atoms with Gasteiger partial charge in [-0.1, -0.05) is 42.0 Å². The van der Waals surface area contributed by atoms with Gasteiger partial charge in [-0.2, -0.15) is 0 Å². The van der Waals surface area contributed by atoms with Crippen LogP contribution in [0.15, 0.2) is 54.1 Å². The largest absolute Gasteiger partial charge is 0.497 e. The van der Waals surface area contributed by atoms with Crippen LogP contribution in [0, 0.1) is 0 Å². The summed E-state index contributed by atoms with van der Waals surface area (Å²) in [5, 5.41) is 3.39. The first-order chi connectivity index (χ1) is 10.2. The minimum atomic E-state index is 0.769. The molecule has 0 bridgehead atoms. The maximum absolute atomic E-state index is 5.27. The van der Waals surface area contributed by atoms with Gasteiger partial charge >= 0.3 is 0 Å². The molecule has 2 aromatic rings. The average molecular weight is 283 g/mol. The van der Waals surface area contributed by atoms with Crippen LogP contribution >= 0.6 is 0 Å². The van der Waals surface area contributed by atoms with Gasteiger partial charge in [0.1, 0.15) is 11.5 Å². The van der Waals surface area contributed by atoms with E-state index in [0.29, 0.717) is 0 Å². The van der Waals surface area contributed by atoms with E-state index in [4.69, 9.17) is 9.47 Å². The van der Waals surface area contributed by atoms with E-state index in [-0.39, 0.29) is 0 Å². The van der Waals surface area contributed by atoms with Crippen molar-refractivity contribution in [2.75, 3.05) is 26.1 Å². The number of hydrogen-bond acceptors (Lipinski definition) is 3. The van der Waals surface area contributed by atoms with E-state index in [1.54, 1.807) is 14.2 Å². The highest BCUT2D eigenvalue weighted by atomic mass is 16.5. The Bertz CT molecular complexity index is 584. The van der Waals surface area contributed by atoms with Crippen LogP contribution in [0.25, 0.3) is 6.08 Å². The molecular weight excluding hydrogens is 262 g/mol. The summed E-state index contributed by atoms with van der Waals surface area (Å²) >= 11 is 0. The number of hydrogen-bond donors (Lipinski definition) is 1. The Kier molecular flexibility index (Phi) is 5.27. The molecule has 0 aliphatic rings. The number of methoxy groups -OCH3 is 2. The van der Waals surface area contributed by atoms with Crippen molar-refractivity contribution in [3.8, 4) is 11.5 Å². The Morgan fingerprint density at radius 2 is 1.62 bits per heavy atom. The fourth-order valence-corrected chi connectivity index (χ4v) is 2.04. The van der Waals surface area contributed by atoms with Crippen LogP contribution in [0.2, 0.25) is 0 Å². The second-order valence-corrected chi connectivity index (χ2v) is 4.86. The van der Waals surface area contributed by atoms with E-state index in [2.05, 4.69) is 30.4 Å². The number of nitrogens with one attached hydrogen (secondary N) is 1. The minimum Gasteiger partial charge on any atom is -0.497 e. The molecule has 2 rings (SSSR count). The molecule has 0 saturated carbocycles. The standard InChI is InChI=1S/C18H21NO2/c1-14(9-15-7-5-4-6-8-15)13-19-16-10-17(20-2)12-18(11-16)21-3/h4-12,19H,13H2,1-3H3/b14-9+. The van der Waals surface area contributed by atoms with Crippen molar-refractivity contribution in [2.45, 2.75) is 6.92 Å². The quantitative estimate of drug-likeness (QED) is 0.861. The monoisotopic (exact) mass is 283 g/mol. The summed E-state index contributed by atoms with van der Waals surface area (Å²) < 4.78 is 10.5. The average Bonchev–Trinajstić information content (AvgIpc) is 2.53. The molecule has 0 amide bonds. The van der Waals surface area contributed by atoms with Crippen molar-refractivity contribution >= 4 is 11.8 Å². The first-order valence-electron chi connectivity index (χ1n) is 6.90. The fourth-order valence-electron chi connectivity index (χ4n) is 2.04. The molecule has 0 atom stereocenters.